The molecule has 0 radical (unpaired) electrons. The third-order valence-corrected chi connectivity index (χ3v) is 3.02. The molecule has 3 N–H and O–H groups in total. The van der Waals surface area contributed by atoms with E-state index in [2.05, 4.69) is 27.3 Å². The molecule has 0 atom stereocenters. The van der Waals surface area contributed by atoms with E-state index in [0.29, 0.717) is 6.54 Å². The van der Waals surface area contributed by atoms with Gasteiger partial charge >= 0.3 is 5.69 Å². The Bertz CT molecular complexity index is 752. The molecule has 0 aliphatic heterocycles. The van der Waals surface area contributed by atoms with Crippen molar-refractivity contribution in [3.63, 3.8) is 0 Å². The number of anilines is 1. The second-order valence-corrected chi connectivity index (χ2v) is 4.40. The molecule has 6 nitrogen and oxygen atoms in total. The van der Waals surface area contributed by atoms with Crippen LogP contribution in [-0.2, 0) is 13.1 Å². The molecule has 3 aromatic rings. The number of aryl methyl sites for hydroxylation is 1. The summed E-state index contributed by atoms with van der Waals surface area (Å²) in [5, 5.41) is 7.53. The first-order valence-electron chi connectivity index (χ1n) is 6.22. The molecule has 3 rings (SSSR count). The van der Waals surface area contributed by atoms with Crippen LogP contribution < -0.4 is 11.0 Å². The molecular formula is C13H15N5O. The highest BCUT2D eigenvalue weighted by molar-refractivity contribution is 5.78. The predicted octanol–water partition coefficient (Wildman–Crippen LogP) is 1.68. The van der Waals surface area contributed by atoms with Crippen LogP contribution in [0.4, 0.5) is 5.69 Å². The van der Waals surface area contributed by atoms with Crippen molar-refractivity contribution >= 4 is 16.7 Å². The van der Waals surface area contributed by atoms with Crippen LogP contribution in [0.15, 0.2) is 35.4 Å². The molecule has 0 saturated heterocycles. The molecule has 98 valence electrons. The molecule has 0 unspecified atom stereocenters. The van der Waals surface area contributed by atoms with Crippen molar-refractivity contribution in [3.8, 4) is 0 Å². The zero-order valence-corrected chi connectivity index (χ0v) is 10.6. The molecule has 0 aliphatic rings. The Kier molecular flexibility index (Phi) is 2.83. The van der Waals surface area contributed by atoms with Gasteiger partial charge in [0.1, 0.15) is 0 Å². The third-order valence-electron chi connectivity index (χ3n) is 3.02. The molecular weight excluding hydrogens is 242 g/mol. The van der Waals surface area contributed by atoms with Gasteiger partial charge in [-0.2, -0.15) is 5.10 Å². The Morgan fingerprint density at radius 3 is 2.95 bits per heavy atom. The summed E-state index contributed by atoms with van der Waals surface area (Å²) in [7, 11) is 0. The fourth-order valence-electron chi connectivity index (χ4n) is 2.02. The standard InChI is InChI=1S/C13H15N5O/c1-2-18-8-9(7-15-18)6-14-10-3-4-11-12(5-10)17-13(19)16-11/h3-5,7-8,14H,2,6H2,1H3,(H2,16,17,19). The average molecular weight is 257 g/mol. The van der Waals surface area contributed by atoms with Crippen molar-refractivity contribution < 1.29 is 0 Å². The topological polar surface area (TPSA) is 78.5 Å². The van der Waals surface area contributed by atoms with Crippen molar-refractivity contribution in [1.29, 1.82) is 0 Å². The van der Waals surface area contributed by atoms with E-state index in [9.17, 15) is 4.79 Å². The Hall–Kier alpha value is -2.50. The van der Waals surface area contributed by atoms with E-state index < -0.39 is 0 Å². The summed E-state index contributed by atoms with van der Waals surface area (Å²) in [6, 6.07) is 5.73. The van der Waals surface area contributed by atoms with Gasteiger partial charge in [-0.3, -0.25) is 4.68 Å². The van der Waals surface area contributed by atoms with Crippen molar-refractivity contribution in [1.82, 2.24) is 19.7 Å². The lowest BCUT2D eigenvalue weighted by Gasteiger charge is -2.04. The summed E-state index contributed by atoms with van der Waals surface area (Å²) in [6.45, 7) is 3.64. The van der Waals surface area contributed by atoms with Crippen LogP contribution in [0.25, 0.3) is 11.0 Å². The minimum absolute atomic E-state index is 0.184. The number of hydrogen-bond donors (Lipinski definition) is 3. The highest BCUT2D eigenvalue weighted by Crippen LogP contribution is 2.15. The van der Waals surface area contributed by atoms with Gasteiger partial charge < -0.3 is 15.3 Å². The van der Waals surface area contributed by atoms with E-state index in [4.69, 9.17) is 0 Å². The maximum absolute atomic E-state index is 11.2. The van der Waals surface area contributed by atoms with Crippen LogP contribution in [0, 0.1) is 0 Å². The Labute approximate surface area is 109 Å². The minimum atomic E-state index is -0.184. The lowest BCUT2D eigenvalue weighted by molar-refractivity contribution is 0.659. The van der Waals surface area contributed by atoms with Crippen LogP contribution >= 0.6 is 0 Å². The zero-order chi connectivity index (χ0) is 13.2. The molecule has 0 saturated carbocycles. The van der Waals surface area contributed by atoms with E-state index in [1.54, 1.807) is 0 Å². The van der Waals surface area contributed by atoms with Gasteiger partial charge in [0.05, 0.1) is 17.2 Å². The number of H-pyrrole nitrogens is 2. The number of imidazole rings is 1. The normalized spacial score (nSPS) is 11.0. The van der Waals surface area contributed by atoms with Gasteiger partial charge in [0.25, 0.3) is 0 Å². The molecule has 6 heteroatoms. The van der Waals surface area contributed by atoms with E-state index in [0.717, 1.165) is 28.8 Å². The van der Waals surface area contributed by atoms with Crippen molar-refractivity contribution in [2.24, 2.45) is 0 Å². The number of nitrogens with one attached hydrogen (secondary N) is 3. The van der Waals surface area contributed by atoms with Gasteiger partial charge in [-0.15, -0.1) is 0 Å². The molecule has 0 bridgehead atoms. The number of nitrogens with zero attached hydrogens (tertiary/aromatic N) is 2. The van der Waals surface area contributed by atoms with Crippen LogP contribution in [0.5, 0.6) is 0 Å². The molecule has 2 heterocycles. The number of fused-ring (bicyclic) bond motifs is 1. The molecule has 0 aliphatic carbocycles. The Balaban J connectivity index is 1.75. The Morgan fingerprint density at radius 2 is 2.16 bits per heavy atom. The maximum atomic E-state index is 11.2. The summed E-state index contributed by atoms with van der Waals surface area (Å²) < 4.78 is 1.89. The van der Waals surface area contributed by atoms with Crippen LogP contribution in [0.2, 0.25) is 0 Å². The van der Waals surface area contributed by atoms with Crippen molar-refractivity contribution in [2.75, 3.05) is 5.32 Å². The van der Waals surface area contributed by atoms with E-state index in [-0.39, 0.29) is 5.69 Å². The van der Waals surface area contributed by atoms with Gasteiger partial charge in [0, 0.05) is 30.5 Å². The molecule has 0 amide bonds. The van der Waals surface area contributed by atoms with Gasteiger partial charge in [-0.05, 0) is 25.1 Å². The summed E-state index contributed by atoms with van der Waals surface area (Å²) >= 11 is 0. The summed E-state index contributed by atoms with van der Waals surface area (Å²) in [6.07, 6.45) is 3.87. The number of benzene rings is 1. The van der Waals surface area contributed by atoms with Gasteiger partial charge in [-0.25, -0.2) is 4.79 Å². The maximum Gasteiger partial charge on any atom is 0.323 e. The quantitative estimate of drug-likeness (QED) is 0.665. The smallest absolute Gasteiger partial charge is 0.323 e. The lowest BCUT2D eigenvalue weighted by Crippen LogP contribution is -1.99. The Morgan fingerprint density at radius 1 is 1.32 bits per heavy atom. The summed E-state index contributed by atoms with van der Waals surface area (Å²) in [5.74, 6) is 0. The monoisotopic (exact) mass is 257 g/mol. The summed E-state index contributed by atoms with van der Waals surface area (Å²) in [5.41, 5.74) is 3.53. The number of rotatable bonds is 4. The van der Waals surface area contributed by atoms with Crippen molar-refractivity contribution in [3.05, 3.63) is 46.6 Å². The van der Waals surface area contributed by atoms with Gasteiger partial charge in [-0.1, -0.05) is 0 Å². The fraction of sp³-hybridized carbons (Fsp3) is 0.231. The SMILES string of the molecule is CCn1cc(CNc2ccc3[nH]c(=O)[nH]c3c2)cn1. The molecule has 2 aromatic heterocycles. The largest absolute Gasteiger partial charge is 0.381 e. The van der Waals surface area contributed by atoms with Crippen molar-refractivity contribution in [2.45, 2.75) is 20.0 Å². The van der Waals surface area contributed by atoms with Gasteiger partial charge in [0.15, 0.2) is 0 Å². The zero-order valence-electron chi connectivity index (χ0n) is 10.6. The first kappa shape index (κ1) is 11.6. The summed E-state index contributed by atoms with van der Waals surface area (Å²) in [4.78, 5) is 16.6. The van der Waals surface area contributed by atoms with E-state index in [1.165, 1.54) is 0 Å². The molecule has 0 fully saturated rings. The van der Waals surface area contributed by atoms with Crippen LogP contribution in [0.1, 0.15) is 12.5 Å². The molecule has 19 heavy (non-hydrogen) atoms. The van der Waals surface area contributed by atoms with Gasteiger partial charge in [0.2, 0.25) is 0 Å². The first-order valence-corrected chi connectivity index (χ1v) is 6.22. The first-order chi connectivity index (χ1) is 9.24. The molecule has 1 aromatic carbocycles. The minimum Gasteiger partial charge on any atom is -0.381 e. The van der Waals surface area contributed by atoms with E-state index in [1.807, 2.05) is 35.3 Å². The second kappa shape index (κ2) is 4.64. The average Bonchev–Trinajstić information content (AvgIpc) is 3.00. The number of aromatic amines is 2. The number of aromatic nitrogens is 4. The third kappa shape index (κ3) is 2.37. The second-order valence-electron chi connectivity index (χ2n) is 4.40. The fourth-order valence-corrected chi connectivity index (χ4v) is 2.02. The highest BCUT2D eigenvalue weighted by atomic mass is 16.1. The van der Waals surface area contributed by atoms with E-state index >= 15 is 0 Å². The number of hydrogen-bond acceptors (Lipinski definition) is 3. The van der Waals surface area contributed by atoms with Crippen LogP contribution in [0.3, 0.4) is 0 Å². The lowest BCUT2D eigenvalue weighted by atomic mass is 10.2. The van der Waals surface area contributed by atoms with Crippen LogP contribution in [-0.4, -0.2) is 19.7 Å². The predicted molar refractivity (Wildman–Crippen MR) is 74.1 cm³/mol. The molecule has 0 spiro atoms. The highest BCUT2D eigenvalue weighted by Gasteiger charge is 2.01.